The van der Waals surface area contributed by atoms with E-state index in [2.05, 4.69) is 20.5 Å². The first-order valence-electron chi connectivity index (χ1n) is 5.23. The van der Waals surface area contributed by atoms with Crippen LogP contribution in [0.4, 0.5) is 0 Å². The van der Waals surface area contributed by atoms with Gasteiger partial charge in [0.1, 0.15) is 0 Å². The maximum absolute atomic E-state index is 4.01. The molecule has 4 heteroatoms. The van der Waals surface area contributed by atoms with Gasteiger partial charge in [-0.2, -0.15) is 10.2 Å². The molecule has 0 spiro atoms. The van der Waals surface area contributed by atoms with Crippen molar-refractivity contribution in [3.63, 3.8) is 0 Å². The van der Waals surface area contributed by atoms with Gasteiger partial charge in [-0.15, -0.1) is 0 Å². The first-order chi connectivity index (χ1) is 7.90. The van der Waals surface area contributed by atoms with Crippen LogP contribution in [0.3, 0.4) is 0 Å². The zero-order valence-corrected chi connectivity index (χ0v) is 9.17. The Balaban J connectivity index is 2.13. The Morgan fingerprint density at radius 3 is 2.56 bits per heavy atom. The van der Waals surface area contributed by atoms with E-state index < -0.39 is 0 Å². The molecule has 0 amide bonds. The molecule has 0 aliphatic carbocycles. The van der Waals surface area contributed by atoms with E-state index in [4.69, 9.17) is 0 Å². The Morgan fingerprint density at radius 2 is 1.94 bits per heavy atom. The lowest BCUT2D eigenvalue weighted by Gasteiger charge is -2.15. The summed E-state index contributed by atoms with van der Waals surface area (Å²) in [5.41, 5.74) is 2.40. The summed E-state index contributed by atoms with van der Waals surface area (Å²) in [6, 6.07) is 6.30. The summed E-state index contributed by atoms with van der Waals surface area (Å²) in [4.78, 5) is 4.01. The molecule has 0 radical (unpaired) electrons. The first kappa shape index (κ1) is 10.7. The fraction of sp³-hybridized carbons (Fsp3) is 0.250. The number of hydrogen-bond acceptors (Lipinski definition) is 4. The van der Waals surface area contributed by atoms with Crippen molar-refractivity contribution >= 4 is 0 Å². The van der Waals surface area contributed by atoms with Gasteiger partial charge in [-0.3, -0.25) is 4.98 Å². The molecule has 0 fully saturated rings. The number of hydrogen-bond donors (Lipinski definition) is 1. The lowest BCUT2D eigenvalue weighted by atomic mass is 10.0. The van der Waals surface area contributed by atoms with Crippen LogP contribution >= 0.6 is 0 Å². The van der Waals surface area contributed by atoms with E-state index in [0.717, 1.165) is 12.0 Å². The van der Waals surface area contributed by atoms with Crippen LogP contribution < -0.4 is 5.32 Å². The van der Waals surface area contributed by atoms with Crippen LogP contribution in [0.15, 0.2) is 43.0 Å². The van der Waals surface area contributed by atoms with Crippen LogP contribution in [-0.4, -0.2) is 22.2 Å². The van der Waals surface area contributed by atoms with Gasteiger partial charge in [0, 0.05) is 24.6 Å². The van der Waals surface area contributed by atoms with Gasteiger partial charge in [-0.05, 0) is 42.8 Å². The molecule has 0 aromatic carbocycles. The van der Waals surface area contributed by atoms with Crippen molar-refractivity contribution in [3.8, 4) is 0 Å². The smallest absolute Gasteiger partial charge is 0.0544 e. The zero-order valence-electron chi connectivity index (χ0n) is 9.17. The summed E-state index contributed by atoms with van der Waals surface area (Å²) in [5, 5.41) is 11.0. The fourth-order valence-electron chi connectivity index (χ4n) is 1.65. The van der Waals surface area contributed by atoms with Crippen LogP contribution in [0.2, 0.25) is 0 Å². The molecule has 0 aliphatic rings. The van der Waals surface area contributed by atoms with Crippen LogP contribution in [-0.2, 0) is 6.42 Å². The van der Waals surface area contributed by atoms with Crippen LogP contribution in [0.25, 0.3) is 0 Å². The summed E-state index contributed by atoms with van der Waals surface area (Å²) in [6.45, 7) is 0. The van der Waals surface area contributed by atoms with Gasteiger partial charge in [0.15, 0.2) is 0 Å². The predicted molar refractivity (Wildman–Crippen MR) is 61.8 cm³/mol. The van der Waals surface area contributed by atoms with Crippen molar-refractivity contribution < 1.29 is 0 Å². The molecule has 2 heterocycles. The Bertz CT molecular complexity index is 416. The summed E-state index contributed by atoms with van der Waals surface area (Å²) < 4.78 is 0. The summed E-state index contributed by atoms with van der Waals surface area (Å²) in [5.74, 6) is 0. The molecule has 0 bridgehead atoms. The van der Waals surface area contributed by atoms with E-state index in [9.17, 15) is 0 Å². The van der Waals surface area contributed by atoms with Crippen LogP contribution in [0.1, 0.15) is 17.2 Å². The third-order valence-corrected chi connectivity index (χ3v) is 2.55. The molecule has 16 heavy (non-hydrogen) atoms. The summed E-state index contributed by atoms with van der Waals surface area (Å²) in [6.07, 6.45) is 8.05. The van der Waals surface area contributed by atoms with Gasteiger partial charge in [0.25, 0.3) is 0 Å². The number of pyridine rings is 1. The fourth-order valence-corrected chi connectivity index (χ4v) is 1.65. The highest BCUT2D eigenvalue weighted by molar-refractivity contribution is 5.18. The molecule has 1 atom stereocenters. The number of likely N-dealkylation sites (N-methyl/N-ethyl adjacent to an activating group) is 1. The molecule has 1 unspecified atom stereocenters. The molecule has 0 saturated carbocycles. The summed E-state index contributed by atoms with van der Waals surface area (Å²) >= 11 is 0. The minimum absolute atomic E-state index is 0.262. The SMILES string of the molecule is CNC(Cc1ccncc1)c1ccnnc1. The second kappa shape index (κ2) is 5.32. The minimum atomic E-state index is 0.262. The Labute approximate surface area is 94.8 Å². The van der Waals surface area contributed by atoms with Gasteiger partial charge in [-0.1, -0.05) is 0 Å². The minimum Gasteiger partial charge on any atom is -0.313 e. The van der Waals surface area contributed by atoms with Crippen molar-refractivity contribution in [2.24, 2.45) is 0 Å². The van der Waals surface area contributed by atoms with Crippen molar-refractivity contribution in [1.29, 1.82) is 0 Å². The third kappa shape index (κ3) is 2.61. The van der Waals surface area contributed by atoms with Gasteiger partial charge in [0.2, 0.25) is 0 Å². The third-order valence-electron chi connectivity index (χ3n) is 2.55. The Kier molecular flexibility index (Phi) is 3.56. The molecule has 2 aromatic rings. The Morgan fingerprint density at radius 1 is 1.12 bits per heavy atom. The van der Waals surface area contributed by atoms with Crippen LogP contribution in [0.5, 0.6) is 0 Å². The van der Waals surface area contributed by atoms with Crippen molar-refractivity contribution in [2.75, 3.05) is 7.05 Å². The molecule has 0 saturated heterocycles. The van der Waals surface area contributed by atoms with Crippen molar-refractivity contribution in [2.45, 2.75) is 12.5 Å². The lowest BCUT2D eigenvalue weighted by molar-refractivity contribution is 0.587. The standard InChI is InChI=1S/C12H14N4/c1-13-12(11-4-7-15-16-9-11)8-10-2-5-14-6-3-10/h2-7,9,12-13H,8H2,1H3. The molecular weight excluding hydrogens is 200 g/mol. The highest BCUT2D eigenvalue weighted by Gasteiger charge is 2.09. The zero-order chi connectivity index (χ0) is 11.2. The predicted octanol–water partition coefficient (Wildman–Crippen LogP) is 1.37. The first-order valence-corrected chi connectivity index (χ1v) is 5.23. The molecule has 1 N–H and O–H groups in total. The second-order valence-corrected chi connectivity index (χ2v) is 3.58. The van der Waals surface area contributed by atoms with E-state index in [0.29, 0.717) is 0 Å². The molecular formula is C12H14N4. The molecule has 82 valence electrons. The van der Waals surface area contributed by atoms with Crippen molar-refractivity contribution in [3.05, 3.63) is 54.1 Å². The van der Waals surface area contributed by atoms with Crippen LogP contribution in [0, 0.1) is 0 Å². The van der Waals surface area contributed by atoms with E-state index in [-0.39, 0.29) is 6.04 Å². The topological polar surface area (TPSA) is 50.7 Å². The largest absolute Gasteiger partial charge is 0.313 e. The van der Waals surface area contributed by atoms with E-state index in [1.165, 1.54) is 5.56 Å². The molecule has 0 aliphatic heterocycles. The number of nitrogens with one attached hydrogen (secondary N) is 1. The monoisotopic (exact) mass is 214 g/mol. The average molecular weight is 214 g/mol. The van der Waals surface area contributed by atoms with E-state index in [1.807, 2.05) is 37.6 Å². The quantitative estimate of drug-likeness (QED) is 0.835. The highest BCUT2D eigenvalue weighted by Crippen LogP contribution is 2.15. The van der Waals surface area contributed by atoms with E-state index in [1.54, 1.807) is 12.4 Å². The van der Waals surface area contributed by atoms with Crippen molar-refractivity contribution in [1.82, 2.24) is 20.5 Å². The maximum Gasteiger partial charge on any atom is 0.0544 e. The maximum atomic E-state index is 4.01. The molecule has 2 aromatic heterocycles. The molecule has 4 nitrogen and oxygen atoms in total. The number of rotatable bonds is 4. The highest BCUT2D eigenvalue weighted by atomic mass is 15.1. The lowest BCUT2D eigenvalue weighted by Crippen LogP contribution is -2.19. The number of aromatic nitrogens is 3. The van der Waals surface area contributed by atoms with Gasteiger partial charge < -0.3 is 5.32 Å². The normalized spacial score (nSPS) is 12.3. The van der Waals surface area contributed by atoms with E-state index >= 15 is 0 Å². The summed E-state index contributed by atoms with van der Waals surface area (Å²) in [7, 11) is 1.95. The Hall–Kier alpha value is -1.81. The van der Waals surface area contributed by atoms with Gasteiger partial charge in [0.05, 0.1) is 6.20 Å². The van der Waals surface area contributed by atoms with Gasteiger partial charge in [-0.25, -0.2) is 0 Å². The number of nitrogens with zero attached hydrogens (tertiary/aromatic N) is 3. The molecule has 2 rings (SSSR count). The average Bonchev–Trinajstić information content (AvgIpc) is 2.38. The second-order valence-electron chi connectivity index (χ2n) is 3.58. The van der Waals surface area contributed by atoms with Gasteiger partial charge >= 0.3 is 0 Å².